The Morgan fingerprint density at radius 2 is 1.88 bits per heavy atom. The van der Waals surface area contributed by atoms with E-state index in [0.29, 0.717) is 25.5 Å². The van der Waals surface area contributed by atoms with Gasteiger partial charge in [-0.15, -0.1) is 0 Å². The van der Waals surface area contributed by atoms with Crippen LogP contribution in [0.25, 0.3) is 0 Å². The number of hydrogen-bond donors (Lipinski definition) is 2. The van der Waals surface area contributed by atoms with E-state index in [4.69, 9.17) is 4.74 Å². The van der Waals surface area contributed by atoms with E-state index in [9.17, 15) is 5.11 Å². The molecular formula is C13H29NO2. The predicted molar refractivity (Wildman–Crippen MR) is 68.7 cm³/mol. The smallest absolute Gasteiger partial charge is 0.0691 e. The van der Waals surface area contributed by atoms with Gasteiger partial charge >= 0.3 is 0 Å². The lowest BCUT2D eigenvalue weighted by atomic mass is 10.0. The highest BCUT2D eigenvalue weighted by molar-refractivity contribution is 4.75. The van der Waals surface area contributed by atoms with Gasteiger partial charge in [-0.2, -0.15) is 0 Å². The minimum absolute atomic E-state index is 0.230. The van der Waals surface area contributed by atoms with Crippen LogP contribution in [0.15, 0.2) is 0 Å². The van der Waals surface area contributed by atoms with E-state index in [-0.39, 0.29) is 11.7 Å². The normalized spacial score (nSPS) is 16.1. The Morgan fingerprint density at radius 3 is 2.38 bits per heavy atom. The van der Waals surface area contributed by atoms with Crippen LogP contribution >= 0.6 is 0 Å². The lowest BCUT2D eigenvalue weighted by molar-refractivity contribution is -0.0430. The van der Waals surface area contributed by atoms with Gasteiger partial charge in [0.05, 0.1) is 11.7 Å². The van der Waals surface area contributed by atoms with Crippen molar-refractivity contribution in [3.63, 3.8) is 0 Å². The molecule has 0 aromatic heterocycles. The maximum Gasteiger partial charge on any atom is 0.0691 e. The van der Waals surface area contributed by atoms with E-state index in [1.165, 1.54) is 6.42 Å². The Bertz CT molecular complexity index is 171. The van der Waals surface area contributed by atoms with Gasteiger partial charge in [0, 0.05) is 19.6 Å². The number of ether oxygens (including phenoxy) is 1. The molecule has 0 fully saturated rings. The monoisotopic (exact) mass is 231 g/mol. The molecule has 0 aromatic rings. The summed E-state index contributed by atoms with van der Waals surface area (Å²) in [5.74, 6) is 0.673. The minimum atomic E-state index is -0.328. The first kappa shape index (κ1) is 15.9. The predicted octanol–water partition coefficient (Wildman–Crippen LogP) is 2.19. The molecule has 0 heterocycles. The molecule has 0 aromatic carbocycles. The molecule has 3 nitrogen and oxygen atoms in total. The third-order valence-corrected chi connectivity index (χ3v) is 2.83. The van der Waals surface area contributed by atoms with E-state index in [2.05, 4.69) is 19.2 Å². The van der Waals surface area contributed by atoms with Crippen LogP contribution in [0.2, 0.25) is 0 Å². The van der Waals surface area contributed by atoms with E-state index < -0.39 is 0 Å². The van der Waals surface area contributed by atoms with E-state index in [1.54, 1.807) is 0 Å². The lowest BCUT2D eigenvalue weighted by Gasteiger charge is -2.27. The summed E-state index contributed by atoms with van der Waals surface area (Å²) < 4.78 is 5.56. The molecule has 0 amide bonds. The SMILES string of the molecule is CCOC(C)(C)CC(O)CNCC(C)CC. The molecule has 0 saturated heterocycles. The first-order chi connectivity index (χ1) is 7.41. The summed E-state index contributed by atoms with van der Waals surface area (Å²) in [4.78, 5) is 0. The van der Waals surface area contributed by atoms with Crippen molar-refractivity contribution < 1.29 is 9.84 Å². The molecule has 0 aliphatic heterocycles. The number of aliphatic hydroxyl groups is 1. The fourth-order valence-corrected chi connectivity index (χ4v) is 1.73. The highest BCUT2D eigenvalue weighted by atomic mass is 16.5. The number of hydrogen-bond acceptors (Lipinski definition) is 3. The molecule has 0 bridgehead atoms. The van der Waals surface area contributed by atoms with Crippen molar-refractivity contribution in [1.29, 1.82) is 0 Å². The molecule has 2 N–H and O–H groups in total. The Hall–Kier alpha value is -0.120. The van der Waals surface area contributed by atoms with Gasteiger partial charge in [-0.3, -0.25) is 0 Å². The molecule has 0 aliphatic rings. The van der Waals surface area contributed by atoms with E-state index >= 15 is 0 Å². The van der Waals surface area contributed by atoms with Crippen LogP contribution < -0.4 is 5.32 Å². The summed E-state index contributed by atoms with van der Waals surface area (Å²) in [6.07, 6.45) is 1.52. The molecule has 16 heavy (non-hydrogen) atoms. The van der Waals surface area contributed by atoms with Crippen molar-refractivity contribution in [3.05, 3.63) is 0 Å². The number of aliphatic hydroxyl groups excluding tert-OH is 1. The van der Waals surface area contributed by atoms with Crippen LogP contribution in [-0.4, -0.2) is 36.5 Å². The van der Waals surface area contributed by atoms with Crippen LogP contribution in [0.1, 0.15) is 47.5 Å². The van der Waals surface area contributed by atoms with Gasteiger partial charge in [0.1, 0.15) is 0 Å². The number of nitrogens with one attached hydrogen (secondary N) is 1. The van der Waals surface area contributed by atoms with Gasteiger partial charge in [0.2, 0.25) is 0 Å². The minimum Gasteiger partial charge on any atom is -0.392 e. The van der Waals surface area contributed by atoms with Crippen molar-refractivity contribution >= 4 is 0 Å². The standard InChI is InChI=1S/C13H29NO2/c1-6-11(3)9-14-10-12(15)8-13(4,5)16-7-2/h11-12,14-15H,6-10H2,1-5H3. The average molecular weight is 231 g/mol. The second kappa shape index (κ2) is 8.04. The molecule has 2 unspecified atom stereocenters. The third kappa shape index (κ3) is 8.08. The maximum absolute atomic E-state index is 9.85. The average Bonchev–Trinajstić information content (AvgIpc) is 2.16. The van der Waals surface area contributed by atoms with Crippen molar-refractivity contribution in [2.45, 2.75) is 59.2 Å². The summed E-state index contributed by atoms with van der Waals surface area (Å²) in [5, 5.41) is 13.1. The first-order valence-corrected chi connectivity index (χ1v) is 6.44. The Labute approximate surface area is 101 Å². The largest absolute Gasteiger partial charge is 0.392 e. The van der Waals surface area contributed by atoms with Crippen LogP contribution in [0.3, 0.4) is 0 Å². The molecule has 0 spiro atoms. The van der Waals surface area contributed by atoms with Crippen molar-refractivity contribution in [1.82, 2.24) is 5.32 Å². The first-order valence-electron chi connectivity index (χ1n) is 6.44. The molecule has 98 valence electrons. The Balaban J connectivity index is 3.69. The molecule has 0 saturated carbocycles. The van der Waals surface area contributed by atoms with Crippen LogP contribution in [0.4, 0.5) is 0 Å². The van der Waals surface area contributed by atoms with Gasteiger partial charge in [-0.05, 0) is 33.2 Å². The lowest BCUT2D eigenvalue weighted by Crippen LogP contribution is -2.36. The topological polar surface area (TPSA) is 41.5 Å². The van der Waals surface area contributed by atoms with E-state index in [1.807, 2.05) is 20.8 Å². The Kier molecular flexibility index (Phi) is 7.98. The van der Waals surface area contributed by atoms with Crippen molar-refractivity contribution in [3.8, 4) is 0 Å². The zero-order valence-corrected chi connectivity index (χ0v) is 11.5. The van der Waals surface area contributed by atoms with E-state index in [0.717, 1.165) is 6.54 Å². The second-order valence-electron chi connectivity index (χ2n) is 5.22. The molecular weight excluding hydrogens is 202 g/mol. The van der Waals surface area contributed by atoms with Gasteiger partial charge in [-0.25, -0.2) is 0 Å². The second-order valence-corrected chi connectivity index (χ2v) is 5.22. The van der Waals surface area contributed by atoms with Crippen LogP contribution in [-0.2, 0) is 4.74 Å². The summed E-state index contributed by atoms with van der Waals surface area (Å²) in [7, 11) is 0. The summed E-state index contributed by atoms with van der Waals surface area (Å²) in [6.45, 7) is 12.7. The zero-order chi connectivity index (χ0) is 12.6. The fourth-order valence-electron chi connectivity index (χ4n) is 1.73. The molecule has 2 atom stereocenters. The number of rotatable bonds is 9. The third-order valence-electron chi connectivity index (χ3n) is 2.83. The van der Waals surface area contributed by atoms with Gasteiger partial charge < -0.3 is 15.2 Å². The highest BCUT2D eigenvalue weighted by Gasteiger charge is 2.21. The van der Waals surface area contributed by atoms with Gasteiger partial charge in [-0.1, -0.05) is 20.3 Å². The molecule has 0 rings (SSSR count). The molecule has 0 aliphatic carbocycles. The van der Waals surface area contributed by atoms with Gasteiger partial charge in [0.25, 0.3) is 0 Å². The van der Waals surface area contributed by atoms with Crippen LogP contribution in [0, 0.1) is 5.92 Å². The summed E-state index contributed by atoms with van der Waals surface area (Å²) in [6, 6.07) is 0. The quantitative estimate of drug-likeness (QED) is 0.639. The van der Waals surface area contributed by atoms with Crippen molar-refractivity contribution in [2.75, 3.05) is 19.7 Å². The maximum atomic E-state index is 9.85. The summed E-state index contributed by atoms with van der Waals surface area (Å²) >= 11 is 0. The Morgan fingerprint density at radius 1 is 1.25 bits per heavy atom. The molecule has 0 radical (unpaired) electrons. The highest BCUT2D eigenvalue weighted by Crippen LogP contribution is 2.16. The summed E-state index contributed by atoms with van der Waals surface area (Å²) in [5.41, 5.74) is -0.230. The zero-order valence-electron chi connectivity index (χ0n) is 11.5. The fraction of sp³-hybridized carbons (Fsp3) is 1.00. The van der Waals surface area contributed by atoms with Gasteiger partial charge in [0.15, 0.2) is 0 Å². The van der Waals surface area contributed by atoms with Crippen LogP contribution in [0.5, 0.6) is 0 Å². The van der Waals surface area contributed by atoms with Crippen molar-refractivity contribution in [2.24, 2.45) is 5.92 Å². The molecule has 3 heteroatoms.